The summed E-state index contributed by atoms with van der Waals surface area (Å²) in [7, 11) is 1.52. The summed E-state index contributed by atoms with van der Waals surface area (Å²) in [5.74, 6) is 0.870. The van der Waals surface area contributed by atoms with Crippen LogP contribution in [0.4, 0.5) is 0 Å². The number of amides is 1. The van der Waals surface area contributed by atoms with E-state index < -0.39 is 5.54 Å². The van der Waals surface area contributed by atoms with E-state index in [1.165, 1.54) is 7.11 Å². The SMILES string of the molecule is COc1ccc(Cl)cc1C(=O)NC1(CO)CCC(C)CC1. The second-order valence-corrected chi connectivity index (χ2v) is 6.36. The highest BCUT2D eigenvalue weighted by Crippen LogP contribution is 2.32. The Kier molecular flexibility index (Phi) is 5.12. The molecule has 1 aromatic rings. The third-order valence-corrected chi connectivity index (χ3v) is 4.55. The van der Waals surface area contributed by atoms with Crippen molar-refractivity contribution < 1.29 is 14.6 Å². The summed E-state index contributed by atoms with van der Waals surface area (Å²) >= 11 is 5.96. The highest BCUT2D eigenvalue weighted by molar-refractivity contribution is 6.31. The molecule has 2 N–H and O–H groups in total. The largest absolute Gasteiger partial charge is 0.496 e. The molecule has 0 heterocycles. The van der Waals surface area contributed by atoms with E-state index in [0.29, 0.717) is 22.3 Å². The lowest BCUT2D eigenvalue weighted by Crippen LogP contribution is -2.53. The number of aliphatic hydroxyl groups excluding tert-OH is 1. The van der Waals surface area contributed by atoms with Gasteiger partial charge < -0.3 is 15.2 Å². The lowest BCUT2D eigenvalue weighted by molar-refractivity contribution is 0.0714. The molecule has 0 spiro atoms. The molecule has 0 unspecified atom stereocenters. The van der Waals surface area contributed by atoms with Gasteiger partial charge in [0.2, 0.25) is 0 Å². The standard InChI is InChI=1S/C16H22ClNO3/c1-11-5-7-16(10-19,8-6-11)18-15(20)13-9-12(17)3-4-14(13)21-2/h3-4,9,11,19H,5-8,10H2,1-2H3,(H,18,20). The number of carbonyl (C=O) groups is 1. The highest BCUT2D eigenvalue weighted by atomic mass is 35.5. The molecular weight excluding hydrogens is 290 g/mol. The van der Waals surface area contributed by atoms with Gasteiger partial charge in [0.25, 0.3) is 5.91 Å². The minimum absolute atomic E-state index is 0.0473. The quantitative estimate of drug-likeness (QED) is 0.898. The van der Waals surface area contributed by atoms with Gasteiger partial charge in [0.15, 0.2) is 0 Å². The van der Waals surface area contributed by atoms with Gasteiger partial charge in [-0.15, -0.1) is 0 Å². The molecule has 1 saturated carbocycles. The second-order valence-electron chi connectivity index (χ2n) is 5.92. The van der Waals surface area contributed by atoms with E-state index in [9.17, 15) is 9.90 Å². The van der Waals surface area contributed by atoms with Crippen LogP contribution in [-0.2, 0) is 0 Å². The fourth-order valence-electron chi connectivity index (χ4n) is 2.80. The van der Waals surface area contributed by atoms with Crippen molar-refractivity contribution in [3.8, 4) is 5.75 Å². The van der Waals surface area contributed by atoms with Crippen LogP contribution in [-0.4, -0.2) is 30.3 Å². The molecule has 0 atom stereocenters. The lowest BCUT2D eigenvalue weighted by atomic mass is 9.77. The maximum absolute atomic E-state index is 12.5. The number of aliphatic hydroxyl groups is 1. The third kappa shape index (κ3) is 3.69. The Balaban J connectivity index is 2.18. The van der Waals surface area contributed by atoms with Gasteiger partial charge in [-0.2, -0.15) is 0 Å². The Bertz CT molecular complexity index is 510. The molecule has 0 bridgehead atoms. The van der Waals surface area contributed by atoms with Crippen molar-refractivity contribution in [2.45, 2.75) is 38.1 Å². The van der Waals surface area contributed by atoms with Crippen LogP contribution >= 0.6 is 11.6 Å². The minimum atomic E-state index is -0.531. The molecular formula is C16H22ClNO3. The number of hydrogen-bond donors (Lipinski definition) is 2. The van der Waals surface area contributed by atoms with Gasteiger partial charge in [0.1, 0.15) is 5.75 Å². The zero-order valence-corrected chi connectivity index (χ0v) is 13.2. The molecule has 0 radical (unpaired) electrons. The topological polar surface area (TPSA) is 58.6 Å². The number of nitrogens with one attached hydrogen (secondary N) is 1. The molecule has 21 heavy (non-hydrogen) atoms. The monoisotopic (exact) mass is 311 g/mol. The van der Waals surface area contributed by atoms with Crippen LogP contribution < -0.4 is 10.1 Å². The molecule has 0 aromatic heterocycles. The van der Waals surface area contributed by atoms with Crippen LogP contribution in [0, 0.1) is 5.92 Å². The average Bonchev–Trinajstić information content (AvgIpc) is 2.49. The van der Waals surface area contributed by atoms with Crippen LogP contribution in [0.15, 0.2) is 18.2 Å². The molecule has 4 nitrogen and oxygen atoms in total. The highest BCUT2D eigenvalue weighted by Gasteiger charge is 2.35. The van der Waals surface area contributed by atoms with E-state index in [0.717, 1.165) is 25.7 Å². The van der Waals surface area contributed by atoms with Crippen molar-refractivity contribution in [2.75, 3.05) is 13.7 Å². The number of benzene rings is 1. The van der Waals surface area contributed by atoms with Gasteiger partial charge in [-0.25, -0.2) is 0 Å². The zero-order chi connectivity index (χ0) is 15.5. The van der Waals surface area contributed by atoms with E-state index >= 15 is 0 Å². The second kappa shape index (κ2) is 6.67. The van der Waals surface area contributed by atoms with Crippen LogP contribution in [0.1, 0.15) is 43.0 Å². The molecule has 5 heteroatoms. The number of halogens is 1. The van der Waals surface area contributed by atoms with Crippen LogP contribution in [0.25, 0.3) is 0 Å². The maximum Gasteiger partial charge on any atom is 0.255 e. The van der Waals surface area contributed by atoms with Gasteiger partial charge >= 0.3 is 0 Å². The zero-order valence-electron chi connectivity index (χ0n) is 12.5. The number of hydrogen-bond acceptors (Lipinski definition) is 3. The Labute approximate surface area is 130 Å². The van der Waals surface area contributed by atoms with E-state index in [1.807, 2.05) is 0 Å². The average molecular weight is 312 g/mol. The number of carbonyl (C=O) groups excluding carboxylic acids is 1. The van der Waals surface area contributed by atoms with Gasteiger partial charge in [0, 0.05) is 5.02 Å². The Hall–Kier alpha value is -1.26. The Morgan fingerprint density at radius 3 is 2.71 bits per heavy atom. The summed E-state index contributed by atoms with van der Waals surface area (Å²) in [6, 6.07) is 4.94. The molecule has 116 valence electrons. The van der Waals surface area contributed by atoms with Crippen LogP contribution in [0.5, 0.6) is 5.75 Å². The maximum atomic E-state index is 12.5. The summed E-state index contributed by atoms with van der Waals surface area (Å²) in [4.78, 5) is 12.5. The van der Waals surface area contributed by atoms with Crippen molar-refractivity contribution in [1.82, 2.24) is 5.32 Å². The van der Waals surface area contributed by atoms with Crippen LogP contribution in [0.3, 0.4) is 0 Å². The molecule has 1 fully saturated rings. The van der Waals surface area contributed by atoms with Crippen molar-refractivity contribution in [3.05, 3.63) is 28.8 Å². The molecule has 1 amide bonds. The first kappa shape index (κ1) is 16.1. The third-order valence-electron chi connectivity index (χ3n) is 4.32. The Morgan fingerprint density at radius 1 is 1.48 bits per heavy atom. The predicted molar refractivity (Wildman–Crippen MR) is 82.9 cm³/mol. The Morgan fingerprint density at radius 2 is 2.14 bits per heavy atom. The van der Waals surface area contributed by atoms with Gasteiger partial charge in [-0.3, -0.25) is 4.79 Å². The van der Waals surface area contributed by atoms with E-state index in [2.05, 4.69) is 12.2 Å². The summed E-state index contributed by atoms with van der Waals surface area (Å²) in [6.07, 6.45) is 3.60. The number of ether oxygens (including phenoxy) is 1. The summed E-state index contributed by atoms with van der Waals surface area (Å²) < 4.78 is 5.21. The molecule has 2 rings (SSSR count). The van der Waals surface area contributed by atoms with Gasteiger partial charge in [-0.05, 0) is 49.8 Å². The smallest absolute Gasteiger partial charge is 0.255 e. The molecule has 0 saturated heterocycles. The first-order valence-corrected chi connectivity index (χ1v) is 7.64. The number of rotatable bonds is 4. The van der Waals surface area contributed by atoms with Crippen LogP contribution in [0.2, 0.25) is 5.02 Å². The van der Waals surface area contributed by atoms with E-state index in [4.69, 9.17) is 16.3 Å². The summed E-state index contributed by atoms with van der Waals surface area (Å²) in [6.45, 7) is 2.15. The first-order chi connectivity index (χ1) is 9.99. The predicted octanol–water partition coefficient (Wildman–Crippen LogP) is 3.02. The molecule has 1 aromatic carbocycles. The summed E-state index contributed by atoms with van der Waals surface area (Å²) in [5, 5.41) is 13.2. The number of methoxy groups -OCH3 is 1. The minimum Gasteiger partial charge on any atom is -0.496 e. The fraction of sp³-hybridized carbons (Fsp3) is 0.562. The first-order valence-electron chi connectivity index (χ1n) is 7.26. The molecule has 1 aliphatic rings. The molecule has 0 aliphatic heterocycles. The summed E-state index contributed by atoms with van der Waals surface area (Å²) in [5.41, 5.74) is -0.131. The van der Waals surface area contributed by atoms with Gasteiger partial charge in [0.05, 0.1) is 24.8 Å². The molecule has 1 aliphatic carbocycles. The van der Waals surface area contributed by atoms with Crippen molar-refractivity contribution in [2.24, 2.45) is 5.92 Å². The normalized spacial score (nSPS) is 25.4. The van der Waals surface area contributed by atoms with E-state index in [-0.39, 0.29) is 12.5 Å². The van der Waals surface area contributed by atoms with Crippen molar-refractivity contribution in [3.63, 3.8) is 0 Å². The van der Waals surface area contributed by atoms with E-state index in [1.54, 1.807) is 18.2 Å². The van der Waals surface area contributed by atoms with Gasteiger partial charge in [-0.1, -0.05) is 18.5 Å². The fourth-order valence-corrected chi connectivity index (χ4v) is 2.98. The van der Waals surface area contributed by atoms with Crippen molar-refractivity contribution in [1.29, 1.82) is 0 Å². The lowest BCUT2D eigenvalue weighted by Gasteiger charge is -2.38. The van der Waals surface area contributed by atoms with Crippen molar-refractivity contribution >= 4 is 17.5 Å².